The largest absolute Gasteiger partial charge is 0.489 e. The van der Waals surface area contributed by atoms with Crippen molar-refractivity contribution in [3.63, 3.8) is 0 Å². The molecule has 6 heteroatoms. The van der Waals surface area contributed by atoms with E-state index < -0.39 is 0 Å². The number of halogens is 2. The van der Waals surface area contributed by atoms with Gasteiger partial charge in [-0.15, -0.1) is 0 Å². The van der Waals surface area contributed by atoms with Gasteiger partial charge in [-0.3, -0.25) is 0 Å². The molecular formula is C35H45BrFNO3. The highest BCUT2D eigenvalue weighted by molar-refractivity contribution is 9.11. The number of methoxy groups -OCH3 is 2. The summed E-state index contributed by atoms with van der Waals surface area (Å²) in [4.78, 5) is 2.13. The van der Waals surface area contributed by atoms with Gasteiger partial charge in [-0.05, 0) is 77.8 Å². The van der Waals surface area contributed by atoms with Crippen molar-refractivity contribution in [1.82, 2.24) is 0 Å². The van der Waals surface area contributed by atoms with Crippen LogP contribution in [0.5, 0.6) is 5.75 Å². The lowest BCUT2D eigenvalue weighted by Crippen LogP contribution is -2.39. The van der Waals surface area contributed by atoms with E-state index in [2.05, 4.69) is 45.1 Å². The van der Waals surface area contributed by atoms with Crippen molar-refractivity contribution in [3.8, 4) is 5.75 Å². The van der Waals surface area contributed by atoms with E-state index in [1.165, 1.54) is 5.56 Å². The fourth-order valence-corrected chi connectivity index (χ4v) is 6.13. The van der Waals surface area contributed by atoms with Gasteiger partial charge in [-0.25, -0.2) is 4.39 Å². The molecule has 0 spiro atoms. The molecule has 3 aromatic rings. The summed E-state index contributed by atoms with van der Waals surface area (Å²) in [6.45, 7) is 10.1. The van der Waals surface area contributed by atoms with Crippen molar-refractivity contribution in [2.75, 3.05) is 32.2 Å². The minimum atomic E-state index is -0.200. The topological polar surface area (TPSA) is 30.9 Å². The number of ether oxygens (including phenoxy) is 3. The van der Waals surface area contributed by atoms with E-state index in [0.717, 1.165) is 71.3 Å². The number of hydrogen-bond acceptors (Lipinski definition) is 4. The number of benzene rings is 3. The second-order valence-electron chi connectivity index (χ2n) is 9.70. The zero-order valence-corrected chi connectivity index (χ0v) is 27.0. The third-order valence-corrected chi connectivity index (χ3v) is 8.24. The quantitative estimate of drug-likeness (QED) is 0.233. The van der Waals surface area contributed by atoms with Gasteiger partial charge in [0, 0.05) is 37.7 Å². The molecule has 0 aromatic heterocycles. The molecule has 0 radical (unpaired) electrons. The van der Waals surface area contributed by atoms with Crippen LogP contribution in [0.15, 0.2) is 71.2 Å². The van der Waals surface area contributed by atoms with E-state index >= 15 is 4.39 Å². The van der Waals surface area contributed by atoms with E-state index in [-0.39, 0.29) is 12.1 Å². The van der Waals surface area contributed by atoms with Crippen LogP contribution in [0.4, 0.5) is 10.1 Å². The van der Waals surface area contributed by atoms with Gasteiger partial charge in [-0.2, -0.15) is 0 Å². The van der Waals surface area contributed by atoms with Gasteiger partial charge in [0.2, 0.25) is 0 Å². The highest BCUT2D eigenvalue weighted by Gasteiger charge is 2.28. The molecule has 0 amide bonds. The number of piperidine rings is 1. The van der Waals surface area contributed by atoms with Crippen LogP contribution in [0.25, 0.3) is 5.57 Å². The maximum Gasteiger partial charge on any atom is 0.159 e. The van der Waals surface area contributed by atoms with Crippen molar-refractivity contribution < 1.29 is 18.6 Å². The van der Waals surface area contributed by atoms with E-state index in [4.69, 9.17) is 14.2 Å². The molecule has 2 aliphatic rings. The van der Waals surface area contributed by atoms with Gasteiger partial charge in [0.1, 0.15) is 18.2 Å². The number of allylic oxidation sites excluding steroid dienone is 1. The van der Waals surface area contributed by atoms with Crippen LogP contribution < -0.4 is 9.64 Å². The Morgan fingerprint density at radius 1 is 0.878 bits per heavy atom. The van der Waals surface area contributed by atoms with E-state index in [1.807, 2.05) is 64.1 Å². The molecule has 0 N–H and O–H groups in total. The van der Waals surface area contributed by atoms with Crippen LogP contribution in [0.3, 0.4) is 0 Å². The molecule has 1 aliphatic heterocycles. The van der Waals surface area contributed by atoms with Crippen molar-refractivity contribution in [3.05, 3.63) is 99.3 Å². The average molecular weight is 627 g/mol. The maximum absolute atomic E-state index is 15.5. The summed E-state index contributed by atoms with van der Waals surface area (Å²) < 4.78 is 33.5. The lowest BCUT2D eigenvalue weighted by atomic mass is 9.86. The van der Waals surface area contributed by atoms with Crippen molar-refractivity contribution in [1.29, 1.82) is 0 Å². The average Bonchev–Trinajstić information content (AvgIpc) is 3.03. The summed E-state index contributed by atoms with van der Waals surface area (Å²) in [5.74, 6) is 0.998. The summed E-state index contributed by atoms with van der Waals surface area (Å²) in [7, 11) is 3.35. The summed E-state index contributed by atoms with van der Waals surface area (Å²) in [5, 5.41) is 0. The smallest absolute Gasteiger partial charge is 0.159 e. The van der Waals surface area contributed by atoms with Crippen LogP contribution >= 0.6 is 15.9 Å². The fourth-order valence-electron chi connectivity index (χ4n) is 5.49. The van der Waals surface area contributed by atoms with Crippen molar-refractivity contribution in [2.45, 2.75) is 66.3 Å². The standard InChI is InChI=1S/C31H33BrFNO3.2C2H6/c1-35-31(36-2)22-14-16-34(17-15-22)29-13-9-24(19-28(29)33)30-26-11-10-25(18-23(26)8-12-27(30)32)37-20-21-6-4-3-5-7-21;2*1-2/h3-7,9-11,13,18-19,22,31H,8,12,14-17,20H2,1-2H3;2*1-2H3. The number of hydrogen-bond donors (Lipinski definition) is 0. The van der Waals surface area contributed by atoms with Crippen LogP contribution in [0, 0.1) is 11.7 Å². The van der Waals surface area contributed by atoms with Gasteiger partial charge < -0.3 is 19.1 Å². The van der Waals surface area contributed by atoms with Crippen LogP contribution in [0.1, 0.15) is 69.2 Å². The van der Waals surface area contributed by atoms with Gasteiger partial charge in [0.15, 0.2) is 6.29 Å². The third kappa shape index (κ3) is 8.21. The molecule has 4 nitrogen and oxygen atoms in total. The lowest BCUT2D eigenvalue weighted by Gasteiger charge is -2.36. The van der Waals surface area contributed by atoms with E-state index in [1.54, 1.807) is 20.3 Å². The van der Waals surface area contributed by atoms with Crippen LogP contribution in [0.2, 0.25) is 0 Å². The lowest BCUT2D eigenvalue weighted by molar-refractivity contribution is -0.141. The number of aryl methyl sites for hydroxylation is 1. The molecular weight excluding hydrogens is 581 g/mol. The molecule has 41 heavy (non-hydrogen) atoms. The Hall–Kier alpha value is -2.67. The SMILES string of the molecule is CC.CC.COC(OC)C1CCN(c2ccc(C3=C(Br)CCc4cc(OCc5ccccc5)ccc43)cc2F)CC1. The van der Waals surface area contributed by atoms with Crippen molar-refractivity contribution >= 4 is 27.2 Å². The first-order valence-electron chi connectivity index (χ1n) is 14.9. The number of rotatable bonds is 8. The van der Waals surface area contributed by atoms with E-state index in [9.17, 15) is 0 Å². The highest BCUT2D eigenvalue weighted by Crippen LogP contribution is 2.41. The molecule has 1 heterocycles. The predicted octanol–water partition coefficient (Wildman–Crippen LogP) is 9.39. The summed E-state index contributed by atoms with van der Waals surface area (Å²) in [6, 6.07) is 22.1. The third-order valence-electron chi connectivity index (χ3n) is 7.45. The Kier molecular flexibility index (Phi) is 13.4. The fraction of sp³-hybridized carbons (Fsp3) is 0.429. The Balaban J connectivity index is 0.00000111. The maximum atomic E-state index is 15.5. The molecule has 0 saturated carbocycles. The first kappa shape index (κ1) is 32.8. The summed E-state index contributed by atoms with van der Waals surface area (Å²) in [5.41, 5.74) is 6.10. The van der Waals surface area contributed by atoms with E-state index in [0.29, 0.717) is 18.2 Å². The summed E-state index contributed by atoms with van der Waals surface area (Å²) in [6.07, 6.45) is 3.41. The normalized spacial score (nSPS) is 15.0. The Labute approximate surface area is 254 Å². The minimum Gasteiger partial charge on any atom is -0.489 e. The molecule has 222 valence electrons. The molecule has 0 bridgehead atoms. The molecule has 1 aliphatic carbocycles. The first-order valence-corrected chi connectivity index (χ1v) is 15.7. The second-order valence-corrected chi connectivity index (χ2v) is 10.7. The minimum absolute atomic E-state index is 0.186. The molecule has 5 rings (SSSR count). The Morgan fingerprint density at radius 2 is 1.56 bits per heavy atom. The first-order chi connectivity index (χ1) is 20.1. The Morgan fingerprint density at radius 3 is 2.20 bits per heavy atom. The molecule has 0 unspecified atom stereocenters. The number of anilines is 1. The highest BCUT2D eigenvalue weighted by atomic mass is 79.9. The number of fused-ring (bicyclic) bond motifs is 1. The molecule has 3 aromatic carbocycles. The van der Waals surface area contributed by atoms with Crippen molar-refractivity contribution in [2.24, 2.45) is 5.92 Å². The van der Waals surface area contributed by atoms with Gasteiger partial charge in [-0.1, -0.05) is 86.1 Å². The van der Waals surface area contributed by atoms with Gasteiger partial charge in [0.25, 0.3) is 0 Å². The molecule has 0 atom stereocenters. The zero-order chi connectivity index (χ0) is 29.8. The molecule has 1 fully saturated rings. The predicted molar refractivity (Wildman–Crippen MR) is 172 cm³/mol. The van der Waals surface area contributed by atoms with Gasteiger partial charge in [0.05, 0.1) is 5.69 Å². The monoisotopic (exact) mass is 625 g/mol. The zero-order valence-electron chi connectivity index (χ0n) is 25.4. The second kappa shape index (κ2) is 16.7. The van der Waals surface area contributed by atoms with Crippen LogP contribution in [-0.4, -0.2) is 33.6 Å². The summed E-state index contributed by atoms with van der Waals surface area (Å²) >= 11 is 3.79. The number of nitrogens with zero attached hydrogens (tertiary/aromatic N) is 1. The van der Waals surface area contributed by atoms with Gasteiger partial charge >= 0.3 is 0 Å². The Bertz CT molecular complexity index is 1250. The molecule has 1 saturated heterocycles. The van der Waals surface area contributed by atoms with Crippen LogP contribution in [-0.2, 0) is 22.5 Å².